The van der Waals surface area contributed by atoms with E-state index in [9.17, 15) is 4.79 Å². The maximum atomic E-state index is 12.3. The summed E-state index contributed by atoms with van der Waals surface area (Å²) >= 11 is 0. The third-order valence-corrected chi connectivity index (χ3v) is 3.78. The molecule has 0 spiro atoms. The van der Waals surface area contributed by atoms with Gasteiger partial charge in [-0.15, -0.1) is 10.2 Å². The molecule has 3 aromatic rings. The minimum atomic E-state index is -0.278. The van der Waals surface area contributed by atoms with Gasteiger partial charge in [-0.25, -0.2) is 0 Å². The highest BCUT2D eigenvalue weighted by Crippen LogP contribution is 2.18. The quantitative estimate of drug-likeness (QED) is 0.743. The third-order valence-electron chi connectivity index (χ3n) is 3.78. The van der Waals surface area contributed by atoms with Crippen molar-refractivity contribution in [2.75, 3.05) is 10.6 Å². The molecule has 0 atom stereocenters. The first-order valence-electron chi connectivity index (χ1n) is 8.07. The lowest BCUT2D eigenvalue weighted by atomic mass is 10.1. The maximum Gasteiger partial charge on any atom is 0.276 e. The molecule has 1 aromatic heterocycles. The first kappa shape index (κ1) is 16.6. The Morgan fingerprint density at radius 1 is 0.880 bits per heavy atom. The van der Waals surface area contributed by atoms with Crippen molar-refractivity contribution in [2.24, 2.45) is 0 Å². The number of aromatic nitrogens is 2. The Balaban J connectivity index is 1.71. The molecule has 25 heavy (non-hydrogen) atoms. The average molecular weight is 332 g/mol. The Hall–Kier alpha value is -3.21. The molecule has 0 saturated heterocycles. The number of anilines is 3. The van der Waals surface area contributed by atoms with Gasteiger partial charge in [0.25, 0.3) is 5.91 Å². The van der Waals surface area contributed by atoms with Gasteiger partial charge in [0.15, 0.2) is 11.5 Å². The van der Waals surface area contributed by atoms with Crippen LogP contribution in [0.15, 0.2) is 54.6 Å². The molecule has 0 unspecified atom stereocenters. The number of nitrogens with one attached hydrogen (secondary N) is 2. The first-order valence-corrected chi connectivity index (χ1v) is 8.07. The number of amides is 1. The van der Waals surface area contributed by atoms with Crippen LogP contribution in [0.1, 0.15) is 27.2 Å². The number of para-hydroxylation sites is 1. The SMILES string of the molecule is Cc1cc(C)cc(Nc2ccc(C(=O)Nc3ccccc3C)nn2)c1. The predicted molar refractivity (Wildman–Crippen MR) is 100 cm³/mol. The van der Waals surface area contributed by atoms with Crippen LogP contribution >= 0.6 is 0 Å². The Morgan fingerprint density at radius 3 is 2.24 bits per heavy atom. The van der Waals surface area contributed by atoms with Gasteiger partial charge in [-0.3, -0.25) is 4.79 Å². The summed E-state index contributed by atoms with van der Waals surface area (Å²) in [6, 6.07) is 17.2. The first-order chi connectivity index (χ1) is 12.0. The van der Waals surface area contributed by atoms with Gasteiger partial charge in [0, 0.05) is 11.4 Å². The second-order valence-electron chi connectivity index (χ2n) is 6.07. The summed E-state index contributed by atoms with van der Waals surface area (Å²) in [7, 11) is 0. The topological polar surface area (TPSA) is 66.9 Å². The zero-order valence-corrected chi connectivity index (χ0v) is 14.5. The number of carbonyl (C=O) groups is 1. The number of nitrogens with zero attached hydrogens (tertiary/aromatic N) is 2. The van der Waals surface area contributed by atoms with Gasteiger partial charge in [-0.1, -0.05) is 24.3 Å². The molecule has 1 amide bonds. The van der Waals surface area contributed by atoms with Crippen LogP contribution in [0.4, 0.5) is 17.2 Å². The molecule has 0 saturated carbocycles. The smallest absolute Gasteiger partial charge is 0.276 e. The largest absolute Gasteiger partial charge is 0.339 e. The van der Waals surface area contributed by atoms with Crippen LogP contribution in [0, 0.1) is 20.8 Å². The summed E-state index contributed by atoms with van der Waals surface area (Å²) in [5.41, 5.74) is 5.33. The molecule has 0 aliphatic carbocycles. The number of hydrogen-bond donors (Lipinski definition) is 2. The molecule has 0 fully saturated rings. The van der Waals surface area contributed by atoms with Crippen LogP contribution in [0.25, 0.3) is 0 Å². The van der Waals surface area contributed by atoms with Crippen LogP contribution in [-0.2, 0) is 0 Å². The van der Waals surface area contributed by atoms with E-state index in [1.807, 2.05) is 57.2 Å². The molecule has 2 N–H and O–H groups in total. The van der Waals surface area contributed by atoms with Gasteiger partial charge in [0.2, 0.25) is 0 Å². The van der Waals surface area contributed by atoms with E-state index in [1.54, 1.807) is 12.1 Å². The van der Waals surface area contributed by atoms with E-state index in [0.29, 0.717) is 5.82 Å². The molecule has 126 valence electrons. The monoisotopic (exact) mass is 332 g/mol. The van der Waals surface area contributed by atoms with E-state index in [0.717, 1.165) is 16.9 Å². The van der Waals surface area contributed by atoms with Crippen LogP contribution < -0.4 is 10.6 Å². The second kappa shape index (κ2) is 7.13. The van der Waals surface area contributed by atoms with Crippen LogP contribution in [0.5, 0.6) is 0 Å². The lowest BCUT2D eigenvalue weighted by molar-refractivity contribution is 0.102. The van der Waals surface area contributed by atoms with Gasteiger partial charge >= 0.3 is 0 Å². The van der Waals surface area contributed by atoms with Crippen LogP contribution in [0.3, 0.4) is 0 Å². The Morgan fingerprint density at radius 2 is 1.60 bits per heavy atom. The number of rotatable bonds is 4. The molecule has 5 nitrogen and oxygen atoms in total. The van der Waals surface area contributed by atoms with Gasteiger partial charge in [0.05, 0.1) is 0 Å². The summed E-state index contributed by atoms with van der Waals surface area (Å²) in [6.07, 6.45) is 0. The fraction of sp³-hybridized carbons (Fsp3) is 0.150. The van der Waals surface area contributed by atoms with Gasteiger partial charge in [-0.2, -0.15) is 0 Å². The van der Waals surface area contributed by atoms with Crippen molar-refractivity contribution >= 4 is 23.1 Å². The van der Waals surface area contributed by atoms with E-state index in [1.165, 1.54) is 11.1 Å². The van der Waals surface area contributed by atoms with Gasteiger partial charge in [-0.05, 0) is 67.8 Å². The summed E-state index contributed by atoms with van der Waals surface area (Å²) in [6.45, 7) is 6.03. The Kier molecular flexibility index (Phi) is 4.75. The van der Waals surface area contributed by atoms with E-state index >= 15 is 0 Å². The molecule has 5 heteroatoms. The van der Waals surface area contributed by atoms with Crippen molar-refractivity contribution in [3.8, 4) is 0 Å². The standard InChI is InChI=1S/C20H20N4O/c1-13-10-14(2)12-16(11-13)21-19-9-8-18(23-24-19)20(25)22-17-7-5-4-6-15(17)3/h4-12H,1-3H3,(H,21,24)(H,22,25). The fourth-order valence-corrected chi connectivity index (χ4v) is 2.61. The summed E-state index contributed by atoms with van der Waals surface area (Å²) < 4.78 is 0. The van der Waals surface area contributed by atoms with E-state index < -0.39 is 0 Å². The normalized spacial score (nSPS) is 10.4. The molecule has 3 rings (SSSR count). The molecule has 0 aliphatic rings. The molecule has 0 aliphatic heterocycles. The fourth-order valence-electron chi connectivity index (χ4n) is 2.61. The average Bonchev–Trinajstić information content (AvgIpc) is 2.56. The van der Waals surface area contributed by atoms with Gasteiger partial charge < -0.3 is 10.6 Å². The number of hydrogen-bond acceptors (Lipinski definition) is 4. The Labute approximate surface area is 147 Å². The van der Waals surface area contributed by atoms with Crippen molar-refractivity contribution in [3.63, 3.8) is 0 Å². The lowest BCUT2D eigenvalue weighted by Crippen LogP contribution is -2.15. The molecule has 1 heterocycles. The molecule has 0 radical (unpaired) electrons. The second-order valence-corrected chi connectivity index (χ2v) is 6.07. The highest BCUT2D eigenvalue weighted by molar-refractivity contribution is 6.03. The number of aryl methyl sites for hydroxylation is 3. The molecular formula is C20H20N4O. The molecule has 0 bridgehead atoms. The number of carbonyl (C=O) groups excluding carboxylic acids is 1. The van der Waals surface area contributed by atoms with Crippen LogP contribution in [0.2, 0.25) is 0 Å². The summed E-state index contributed by atoms with van der Waals surface area (Å²) in [4.78, 5) is 12.3. The molecular weight excluding hydrogens is 312 g/mol. The van der Waals surface area contributed by atoms with Crippen molar-refractivity contribution in [1.82, 2.24) is 10.2 Å². The van der Waals surface area contributed by atoms with Crippen molar-refractivity contribution in [2.45, 2.75) is 20.8 Å². The highest BCUT2D eigenvalue weighted by atomic mass is 16.1. The van der Waals surface area contributed by atoms with Gasteiger partial charge in [0.1, 0.15) is 0 Å². The summed E-state index contributed by atoms with van der Waals surface area (Å²) in [5, 5.41) is 14.2. The zero-order chi connectivity index (χ0) is 17.8. The van der Waals surface area contributed by atoms with E-state index in [4.69, 9.17) is 0 Å². The van der Waals surface area contributed by atoms with E-state index in [-0.39, 0.29) is 11.6 Å². The third kappa shape index (κ3) is 4.20. The molecule has 2 aromatic carbocycles. The summed E-state index contributed by atoms with van der Waals surface area (Å²) in [5.74, 6) is 0.317. The van der Waals surface area contributed by atoms with Crippen LogP contribution in [-0.4, -0.2) is 16.1 Å². The minimum Gasteiger partial charge on any atom is -0.339 e. The lowest BCUT2D eigenvalue weighted by Gasteiger charge is -2.09. The van der Waals surface area contributed by atoms with Crippen molar-refractivity contribution < 1.29 is 4.79 Å². The zero-order valence-electron chi connectivity index (χ0n) is 14.5. The maximum absolute atomic E-state index is 12.3. The van der Waals surface area contributed by atoms with Crippen molar-refractivity contribution in [3.05, 3.63) is 77.0 Å². The highest BCUT2D eigenvalue weighted by Gasteiger charge is 2.10. The number of benzene rings is 2. The Bertz CT molecular complexity index is 884. The minimum absolute atomic E-state index is 0.272. The van der Waals surface area contributed by atoms with E-state index in [2.05, 4.69) is 26.9 Å². The predicted octanol–water partition coefficient (Wildman–Crippen LogP) is 4.40. The van der Waals surface area contributed by atoms with Crippen molar-refractivity contribution in [1.29, 1.82) is 0 Å².